The number of carboxylic acids is 1. The summed E-state index contributed by atoms with van der Waals surface area (Å²) in [5.41, 5.74) is 0. The molecular formula is C12H22N2O4. The van der Waals surface area contributed by atoms with E-state index in [0.29, 0.717) is 25.9 Å². The molecule has 6 nitrogen and oxygen atoms in total. The Kier molecular flexibility index (Phi) is 5.91. The number of likely N-dealkylation sites (tertiary alicyclic amines) is 1. The zero-order chi connectivity index (χ0) is 13.5. The van der Waals surface area contributed by atoms with Crippen LogP contribution in [0.3, 0.4) is 0 Å². The second-order valence-corrected chi connectivity index (χ2v) is 4.71. The summed E-state index contributed by atoms with van der Waals surface area (Å²) in [6, 6.07) is -0.0856. The van der Waals surface area contributed by atoms with Crippen molar-refractivity contribution in [1.29, 1.82) is 0 Å². The Morgan fingerprint density at radius 3 is 2.83 bits per heavy atom. The van der Waals surface area contributed by atoms with Gasteiger partial charge in [-0.2, -0.15) is 0 Å². The summed E-state index contributed by atoms with van der Waals surface area (Å²) < 4.78 is 5.19. The van der Waals surface area contributed by atoms with Gasteiger partial charge in [0.05, 0.1) is 12.0 Å². The topological polar surface area (TPSA) is 78.9 Å². The van der Waals surface area contributed by atoms with Crippen LogP contribution in [-0.2, 0) is 9.53 Å². The lowest BCUT2D eigenvalue weighted by Gasteiger charge is -2.17. The molecule has 2 unspecified atom stereocenters. The third-order valence-electron chi connectivity index (χ3n) is 3.28. The quantitative estimate of drug-likeness (QED) is 0.694. The summed E-state index contributed by atoms with van der Waals surface area (Å²) in [7, 11) is 1.65. The van der Waals surface area contributed by atoms with E-state index in [0.717, 1.165) is 13.0 Å². The fourth-order valence-electron chi connectivity index (χ4n) is 1.94. The second kappa shape index (κ2) is 7.20. The number of hydrogen-bond acceptors (Lipinski definition) is 3. The van der Waals surface area contributed by atoms with E-state index in [1.54, 1.807) is 18.9 Å². The number of carbonyl (C=O) groups excluding carboxylic acids is 1. The third-order valence-corrected chi connectivity index (χ3v) is 3.28. The molecule has 18 heavy (non-hydrogen) atoms. The van der Waals surface area contributed by atoms with Gasteiger partial charge in [-0.25, -0.2) is 4.79 Å². The van der Waals surface area contributed by atoms with Crippen molar-refractivity contribution in [2.75, 3.05) is 26.7 Å². The number of ether oxygens (including phenoxy) is 1. The minimum Gasteiger partial charge on any atom is -0.481 e. The predicted molar refractivity (Wildman–Crippen MR) is 66.4 cm³/mol. The zero-order valence-corrected chi connectivity index (χ0v) is 11.0. The number of nitrogens with zero attached hydrogens (tertiary/aromatic N) is 1. The van der Waals surface area contributed by atoms with E-state index in [9.17, 15) is 9.59 Å². The third kappa shape index (κ3) is 4.52. The molecule has 1 fully saturated rings. The van der Waals surface area contributed by atoms with Gasteiger partial charge in [0.2, 0.25) is 0 Å². The molecule has 104 valence electrons. The number of nitrogens with one attached hydrogen (secondary N) is 1. The fraction of sp³-hybridized carbons (Fsp3) is 0.833. The summed E-state index contributed by atoms with van der Waals surface area (Å²) in [5, 5.41) is 11.5. The van der Waals surface area contributed by atoms with E-state index in [-0.39, 0.29) is 18.1 Å². The average molecular weight is 258 g/mol. The van der Waals surface area contributed by atoms with Gasteiger partial charge in [-0.05, 0) is 19.3 Å². The van der Waals surface area contributed by atoms with Crippen molar-refractivity contribution in [1.82, 2.24) is 10.2 Å². The van der Waals surface area contributed by atoms with Gasteiger partial charge in [-0.15, -0.1) is 0 Å². The summed E-state index contributed by atoms with van der Waals surface area (Å²) in [6.45, 7) is 3.54. The number of hydrogen-bond donors (Lipinski definition) is 2. The molecule has 2 N–H and O–H groups in total. The molecular weight excluding hydrogens is 236 g/mol. The van der Waals surface area contributed by atoms with Crippen LogP contribution in [0.25, 0.3) is 0 Å². The minimum absolute atomic E-state index is 0.0856. The Morgan fingerprint density at radius 1 is 1.56 bits per heavy atom. The number of amides is 2. The molecule has 0 spiro atoms. The SMILES string of the molecule is COC1CCN(C(=O)NCCCC(C)C(=O)O)C1. The van der Waals surface area contributed by atoms with Gasteiger partial charge in [-0.3, -0.25) is 4.79 Å². The van der Waals surface area contributed by atoms with Crippen molar-refractivity contribution in [3.8, 4) is 0 Å². The van der Waals surface area contributed by atoms with Gasteiger partial charge in [0.15, 0.2) is 0 Å². The first-order chi connectivity index (χ1) is 8.54. The van der Waals surface area contributed by atoms with E-state index in [2.05, 4.69) is 5.32 Å². The number of methoxy groups -OCH3 is 1. The van der Waals surface area contributed by atoms with Gasteiger partial charge in [0.1, 0.15) is 0 Å². The Balaban J connectivity index is 2.12. The standard InChI is InChI=1S/C12H22N2O4/c1-9(11(15)16)4-3-6-13-12(17)14-7-5-10(8-14)18-2/h9-10H,3-8H2,1-2H3,(H,13,17)(H,15,16). The Bertz CT molecular complexity index is 296. The van der Waals surface area contributed by atoms with Gasteiger partial charge < -0.3 is 20.1 Å². The highest BCUT2D eigenvalue weighted by Crippen LogP contribution is 2.11. The van der Waals surface area contributed by atoms with Gasteiger partial charge in [0, 0.05) is 26.7 Å². The molecule has 0 bridgehead atoms. The normalized spacial score (nSPS) is 20.8. The molecule has 1 saturated heterocycles. The number of carboxylic acid groups (broad SMARTS) is 1. The number of urea groups is 1. The maximum absolute atomic E-state index is 11.7. The van der Waals surface area contributed by atoms with Crippen molar-refractivity contribution in [3.63, 3.8) is 0 Å². The lowest BCUT2D eigenvalue weighted by atomic mass is 10.1. The largest absolute Gasteiger partial charge is 0.481 e. The first kappa shape index (κ1) is 14.8. The molecule has 0 aliphatic carbocycles. The van der Waals surface area contributed by atoms with Crippen LogP contribution < -0.4 is 5.32 Å². The van der Waals surface area contributed by atoms with Crippen molar-refractivity contribution in [3.05, 3.63) is 0 Å². The van der Waals surface area contributed by atoms with Crippen LogP contribution >= 0.6 is 0 Å². The van der Waals surface area contributed by atoms with Gasteiger partial charge in [0.25, 0.3) is 0 Å². The Morgan fingerprint density at radius 2 is 2.28 bits per heavy atom. The van der Waals surface area contributed by atoms with Crippen LogP contribution in [0, 0.1) is 5.92 Å². The summed E-state index contributed by atoms with van der Waals surface area (Å²) in [4.78, 5) is 24.1. The predicted octanol–water partition coefficient (Wildman–Crippen LogP) is 0.918. The zero-order valence-electron chi connectivity index (χ0n) is 11.0. The lowest BCUT2D eigenvalue weighted by molar-refractivity contribution is -0.141. The van der Waals surface area contributed by atoms with Gasteiger partial charge in [-0.1, -0.05) is 6.92 Å². The number of aliphatic carboxylic acids is 1. The van der Waals surface area contributed by atoms with Crippen LogP contribution in [0.15, 0.2) is 0 Å². The summed E-state index contributed by atoms with van der Waals surface area (Å²) >= 11 is 0. The van der Waals surface area contributed by atoms with E-state index >= 15 is 0 Å². The molecule has 0 aromatic heterocycles. The van der Waals surface area contributed by atoms with Crippen LogP contribution in [0.2, 0.25) is 0 Å². The van der Waals surface area contributed by atoms with E-state index in [4.69, 9.17) is 9.84 Å². The van der Waals surface area contributed by atoms with Crippen LogP contribution in [-0.4, -0.2) is 54.9 Å². The monoisotopic (exact) mass is 258 g/mol. The van der Waals surface area contributed by atoms with Gasteiger partial charge >= 0.3 is 12.0 Å². The fourth-order valence-corrected chi connectivity index (χ4v) is 1.94. The molecule has 1 rings (SSSR count). The van der Waals surface area contributed by atoms with E-state index < -0.39 is 5.97 Å². The average Bonchev–Trinajstić information content (AvgIpc) is 2.82. The Hall–Kier alpha value is -1.30. The molecule has 1 aliphatic heterocycles. The molecule has 1 aliphatic rings. The first-order valence-electron chi connectivity index (χ1n) is 6.33. The minimum atomic E-state index is -0.788. The van der Waals surface area contributed by atoms with Crippen molar-refractivity contribution in [2.45, 2.75) is 32.3 Å². The van der Waals surface area contributed by atoms with Crippen LogP contribution in [0.1, 0.15) is 26.2 Å². The molecule has 2 amide bonds. The number of carbonyl (C=O) groups is 2. The maximum Gasteiger partial charge on any atom is 0.317 e. The van der Waals surface area contributed by atoms with Crippen molar-refractivity contribution < 1.29 is 19.4 Å². The molecule has 0 radical (unpaired) electrons. The molecule has 1 heterocycles. The first-order valence-corrected chi connectivity index (χ1v) is 6.33. The highest BCUT2D eigenvalue weighted by Gasteiger charge is 2.25. The summed E-state index contributed by atoms with van der Waals surface area (Å²) in [6.07, 6.45) is 2.28. The molecule has 0 aromatic carbocycles. The highest BCUT2D eigenvalue weighted by molar-refractivity contribution is 5.74. The molecule has 0 saturated carbocycles. The Labute approximate surface area is 107 Å². The summed E-state index contributed by atoms with van der Waals surface area (Å²) in [5.74, 6) is -1.14. The highest BCUT2D eigenvalue weighted by atomic mass is 16.5. The molecule has 2 atom stereocenters. The second-order valence-electron chi connectivity index (χ2n) is 4.71. The number of rotatable bonds is 6. The van der Waals surface area contributed by atoms with E-state index in [1.165, 1.54) is 0 Å². The van der Waals surface area contributed by atoms with Crippen LogP contribution in [0.5, 0.6) is 0 Å². The van der Waals surface area contributed by atoms with Crippen molar-refractivity contribution >= 4 is 12.0 Å². The molecule has 0 aromatic rings. The lowest BCUT2D eigenvalue weighted by Crippen LogP contribution is -2.39. The van der Waals surface area contributed by atoms with Crippen LogP contribution in [0.4, 0.5) is 4.79 Å². The van der Waals surface area contributed by atoms with E-state index in [1.807, 2.05) is 0 Å². The maximum atomic E-state index is 11.7. The van der Waals surface area contributed by atoms with Crippen molar-refractivity contribution in [2.24, 2.45) is 5.92 Å². The molecule has 6 heteroatoms. The smallest absolute Gasteiger partial charge is 0.317 e.